The first kappa shape index (κ1) is 26.7. The molecule has 0 aromatic heterocycles. The van der Waals surface area contributed by atoms with E-state index in [2.05, 4.69) is 10.6 Å². The molecule has 2 atom stereocenters. The Morgan fingerprint density at radius 3 is 2.21 bits per heavy atom. The molecule has 1 aliphatic rings. The van der Waals surface area contributed by atoms with Crippen molar-refractivity contribution >= 4 is 17.9 Å². The average Bonchev–Trinajstić information content (AvgIpc) is 2.72. The molecule has 0 heterocycles. The standard InChI is InChI=1S/C26H41N3O4/c1-18(2)17-21(28-25(32)33-26(3,4)5)24(31)29(6)22(19-13-9-7-10-14-19)23(30)27-20-15-11-8-12-16-20/h7,9-10,13-14,18,20-22H,8,11-12,15-17H2,1-6H3,(H,27,30)(H,28,32). The van der Waals surface area contributed by atoms with Gasteiger partial charge in [0.15, 0.2) is 0 Å². The van der Waals surface area contributed by atoms with E-state index < -0.39 is 23.8 Å². The fourth-order valence-electron chi connectivity index (χ4n) is 4.23. The third-order valence-electron chi connectivity index (χ3n) is 5.75. The molecule has 7 nitrogen and oxygen atoms in total. The third-order valence-corrected chi connectivity index (χ3v) is 5.75. The number of rotatable bonds is 8. The first-order chi connectivity index (χ1) is 15.5. The Hall–Kier alpha value is -2.57. The molecule has 0 bridgehead atoms. The number of nitrogens with one attached hydrogen (secondary N) is 2. The summed E-state index contributed by atoms with van der Waals surface area (Å²) in [6.45, 7) is 9.31. The van der Waals surface area contributed by atoms with E-state index in [-0.39, 0.29) is 23.8 Å². The lowest BCUT2D eigenvalue weighted by Gasteiger charge is -2.33. The lowest BCUT2D eigenvalue weighted by Crippen LogP contribution is -2.53. The Balaban J connectivity index is 2.25. The van der Waals surface area contributed by atoms with Crippen molar-refractivity contribution in [3.05, 3.63) is 35.9 Å². The first-order valence-electron chi connectivity index (χ1n) is 12.1. The molecule has 0 saturated heterocycles. The molecule has 2 N–H and O–H groups in total. The summed E-state index contributed by atoms with van der Waals surface area (Å²) in [7, 11) is 1.63. The Morgan fingerprint density at radius 2 is 1.67 bits per heavy atom. The fourth-order valence-corrected chi connectivity index (χ4v) is 4.23. The number of hydrogen-bond acceptors (Lipinski definition) is 4. The summed E-state index contributed by atoms with van der Waals surface area (Å²) >= 11 is 0. The van der Waals surface area contributed by atoms with Gasteiger partial charge in [-0.3, -0.25) is 9.59 Å². The van der Waals surface area contributed by atoms with Crippen molar-refractivity contribution < 1.29 is 19.1 Å². The molecule has 2 unspecified atom stereocenters. The van der Waals surface area contributed by atoms with E-state index >= 15 is 0 Å². The number of carbonyl (C=O) groups is 3. The van der Waals surface area contributed by atoms with Crippen LogP contribution in [0.5, 0.6) is 0 Å². The van der Waals surface area contributed by atoms with Gasteiger partial charge in [0.25, 0.3) is 0 Å². The van der Waals surface area contributed by atoms with E-state index in [9.17, 15) is 14.4 Å². The van der Waals surface area contributed by atoms with Gasteiger partial charge in [0, 0.05) is 13.1 Å². The van der Waals surface area contributed by atoms with Crippen LogP contribution in [-0.2, 0) is 14.3 Å². The van der Waals surface area contributed by atoms with Gasteiger partial charge in [-0.25, -0.2) is 4.79 Å². The van der Waals surface area contributed by atoms with E-state index in [0.717, 1.165) is 31.2 Å². The second-order valence-electron chi connectivity index (χ2n) is 10.4. The molecular formula is C26H41N3O4. The van der Waals surface area contributed by atoms with Gasteiger partial charge in [0.05, 0.1) is 0 Å². The highest BCUT2D eigenvalue weighted by molar-refractivity contribution is 5.92. The summed E-state index contributed by atoms with van der Waals surface area (Å²) in [5.74, 6) is -0.347. The molecule has 1 aliphatic carbocycles. The number of ether oxygens (including phenoxy) is 1. The number of alkyl carbamates (subject to hydrolysis) is 1. The Labute approximate surface area is 198 Å². The molecule has 1 fully saturated rings. The highest BCUT2D eigenvalue weighted by Gasteiger charge is 2.35. The summed E-state index contributed by atoms with van der Waals surface area (Å²) in [5, 5.41) is 5.89. The molecule has 3 amide bonds. The van der Waals surface area contributed by atoms with Gasteiger partial charge in [-0.1, -0.05) is 63.4 Å². The number of hydrogen-bond donors (Lipinski definition) is 2. The minimum Gasteiger partial charge on any atom is -0.444 e. The molecule has 0 aliphatic heterocycles. The quantitative estimate of drug-likeness (QED) is 0.596. The molecule has 7 heteroatoms. The monoisotopic (exact) mass is 459 g/mol. The molecule has 1 aromatic rings. The van der Waals surface area contributed by atoms with Crippen LogP contribution in [0.3, 0.4) is 0 Å². The van der Waals surface area contributed by atoms with Gasteiger partial charge in [-0.2, -0.15) is 0 Å². The topological polar surface area (TPSA) is 87.7 Å². The number of likely N-dealkylation sites (N-methyl/N-ethyl adjacent to an activating group) is 1. The maximum atomic E-state index is 13.6. The van der Waals surface area contributed by atoms with E-state index in [4.69, 9.17) is 4.74 Å². The summed E-state index contributed by atoms with van der Waals surface area (Å²) in [6.07, 6.45) is 5.12. The van der Waals surface area contributed by atoms with Crippen LogP contribution in [0.15, 0.2) is 30.3 Å². The van der Waals surface area contributed by atoms with Crippen LogP contribution in [0.2, 0.25) is 0 Å². The lowest BCUT2D eigenvalue weighted by molar-refractivity contribution is -0.141. The fraction of sp³-hybridized carbons (Fsp3) is 0.654. The molecule has 0 radical (unpaired) electrons. The zero-order valence-corrected chi connectivity index (χ0v) is 21.0. The first-order valence-corrected chi connectivity index (χ1v) is 12.1. The van der Waals surface area contributed by atoms with Crippen LogP contribution in [0, 0.1) is 5.92 Å². The molecule has 1 aromatic carbocycles. The van der Waals surface area contributed by atoms with Gasteiger partial charge >= 0.3 is 6.09 Å². The molecule has 184 valence electrons. The normalized spacial score (nSPS) is 16.6. The maximum absolute atomic E-state index is 13.6. The van der Waals surface area contributed by atoms with Gasteiger partial charge < -0.3 is 20.3 Å². The summed E-state index contributed by atoms with van der Waals surface area (Å²) in [5.41, 5.74) is 0.0654. The van der Waals surface area contributed by atoms with Crippen molar-refractivity contribution in [1.29, 1.82) is 0 Å². The number of benzene rings is 1. The van der Waals surface area contributed by atoms with Crippen LogP contribution in [0.25, 0.3) is 0 Å². The predicted octanol–water partition coefficient (Wildman–Crippen LogP) is 4.57. The van der Waals surface area contributed by atoms with Gasteiger partial charge in [0.1, 0.15) is 17.7 Å². The van der Waals surface area contributed by atoms with Gasteiger partial charge in [-0.05, 0) is 51.5 Å². The van der Waals surface area contributed by atoms with Crippen LogP contribution < -0.4 is 10.6 Å². The molecule has 1 saturated carbocycles. The lowest BCUT2D eigenvalue weighted by atomic mass is 9.94. The van der Waals surface area contributed by atoms with Crippen LogP contribution >= 0.6 is 0 Å². The zero-order valence-electron chi connectivity index (χ0n) is 21.0. The van der Waals surface area contributed by atoms with Crippen molar-refractivity contribution in [3.8, 4) is 0 Å². The zero-order chi connectivity index (χ0) is 24.6. The second-order valence-corrected chi connectivity index (χ2v) is 10.4. The second kappa shape index (κ2) is 12.1. The van der Waals surface area contributed by atoms with Crippen LogP contribution in [-0.4, -0.2) is 47.5 Å². The highest BCUT2D eigenvalue weighted by atomic mass is 16.6. The van der Waals surface area contributed by atoms with Crippen molar-refractivity contribution in [1.82, 2.24) is 15.5 Å². The van der Waals surface area contributed by atoms with Gasteiger partial charge in [0.2, 0.25) is 11.8 Å². The van der Waals surface area contributed by atoms with E-state index in [1.165, 1.54) is 11.3 Å². The van der Waals surface area contributed by atoms with Crippen molar-refractivity contribution in [2.75, 3.05) is 7.05 Å². The summed E-state index contributed by atoms with van der Waals surface area (Å²) < 4.78 is 5.37. The number of carbonyl (C=O) groups excluding carboxylic acids is 3. The molecule has 0 spiro atoms. The SMILES string of the molecule is CC(C)CC(NC(=O)OC(C)(C)C)C(=O)N(C)C(C(=O)NC1CCCCC1)c1ccccc1. The van der Waals surface area contributed by atoms with Gasteiger partial charge in [-0.15, -0.1) is 0 Å². The van der Waals surface area contributed by atoms with E-state index in [1.807, 2.05) is 44.2 Å². The number of amides is 3. The number of nitrogens with zero attached hydrogens (tertiary/aromatic N) is 1. The highest BCUT2D eigenvalue weighted by Crippen LogP contribution is 2.24. The molecular weight excluding hydrogens is 418 g/mol. The largest absolute Gasteiger partial charge is 0.444 e. The Morgan fingerprint density at radius 1 is 1.06 bits per heavy atom. The smallest absolute Gasteiger partial charge is 0.408 e. The molecule has 33 heavy (non-hydrogen) atoms. The maximum Gasteiger partial charge on any atom is 0.408 e. The van der Waals surface area contributed by atoms with E-state index in [1.54, 1.807) is 27.8 Å². The van der Waals surface area contributed by atoms with E-state index in [0.29, 0.717) is 6.42 Å². The van der Waals surface area contributed by atoms with Crippen molar-refractivity contribution in [3.63, 3.8) is 0 Å². The summed E-state index contributed by atoms with van der Waals surface area (Å²) in [4.78, 5) is 40.8. The average molecular weight is 460 g/mol. The Bertz CT molecular complexity index is 782. The summed E-state index contributed by atoms with van der Waals surface area (Å²) in [6, 6.07) is 7.87. The van der Waals surface area contributed by atoms with Crippen LogP contribution in [0.1, 0.15) is 84.7 Å². The van der Waals surface area contributed by atoms with Crippen molar-refractivity contribution in [2.45, 2.75) is 96.9 Å². The Kier molecular flexibility index (Phi) is 9.74. The predicted molar refractivity (Wildman–Crippen MR) is 130 cm³/mol. The molecule has 2 rings (SSSR count). The third kappa shape index (κ3) is 8.71. The van der Waals surface area contributed by atoms with Crippen LogP contribution in [0.4, 0.5) is 4.79 Å². The minimum absolute atomic E-state index is 0.132. The minimum atomic E-state index is -0.793. The van der Waals surface area contributed by atoms with Crippen molar-refractivity contribution in [2.24, 2.45) is 5.92 Å².